The highest BCUT2D eigenvalue weighted by Gasteiger charge is 2.10. The third kappa shape index (κ3) is 4.77. The number of pyridine rings is 1. The second-order valence-electron chi connectivity index (χ2n) is 6.47. The van der Waals surface area contributed by atoms with Gasteiger partial charge in [0.05, 0.1) is 49.3 Å². The third-order valence-electron chi connectivity index (χ3n) is 4.43. The van der Waals surface area contributed by atoms with Crippen LogP contribution in [0.5, 0.6) is 0 Å². The molecule has 1 aliphatic rings. The molecule has 1 N–H and O–H groups in total. The number of rotatable bonds is 3. The van der Waals surface area contributed by atoms with Crippen molar-refractivity contribution in [3.05, 3.63) is 54.0 Å². The van der Waals surface area contributed by atoms with Crippen molar-refractivity contribution in [3.63, 3.8) is 0 Å². The van der Waals surface area contributed by atoms with Gasteiger partial charge in [-0.3, -0.25) is 0 Å². The van der Waals surface area contributed by atoms with Gasteiger partial charge in [-0.25, -0.2) is 13.4 Å². The summed E-state index contributed by atoms with van der Waals surface area (Å²) in [5.41, 5.74) is 4.17. The van der Waals surface area contributed by atoms with E-state index in [1.807, 2.05) is 29.7 Å². The molecule has 3 aromatic rings. The number of benzene rings is 1. The monoisotopic (exact) mass is 404 g/mol. The first-order chi connectivity index (χ1) is 13.4. The molecule has 1 aromatic carbocycles. The molecule has 150 valence electrons. The lowest BCUT2D eigenvalue weighted by Gasteiger charge is -2.09. The van der Waals surface area contributed by atoms with Crippen LogP contribution in [0.2, 0.25) is 0 Å². The van der Waals surface area contributed by atoms with Crippen molar-refractivity contribution in [2.45, 2.75) is 18.4 Å². The predicted molar refractivity (Wildman–Crippen MR) is 106 cm³/mol. The molecular weight excluding hydrogens is 380 g/mol. The van der Waals surface area contributed by atoms with E-state index in [9.17, 15) is 13.5 Å². The number of sulfone groups is 1. The van der Waals surface area contributed by atoms with Gasteiger partial charge < -0.3 is 19.0 Å². The van der Waals surface area contributed by atoms with E-state index < -0.39 is 9.84 Å². The van der Waals surface area contributed by atoms with E-state index >= 15 is 0 Å². The van der Waals surface area contributed by atoms with Crippen LogP contribution in [0.1, 0.15) is 11.4 Å². The van der Waals surface area contributed by atoms with Gasteiger partial charge in [0.2, 0.25) is 0 Å². The zero-order valence-electron chi connectivity index (χ0n) is 16.0. The van der Waals surface area contributed by atoms with Gasteiger partial charge in [-0.15, -0.1) is 0 Å². The van der Waals surface area contributed by atoms with E-state index in [1.54, 1.807) is 24.3 Å². The summed E-state index contributed by atoms with van der Waals surface area (Å²) in [6.45, 7) is 4.89. The highest BCUT2D eigenvalue weighted by molar-refractivity contribution is 7.90. The minimum Gasteiger partial charge on any atom is -0.390 e. The predicted octanol–water partition coefficient (Wildman–Crippen LogP) is 2.24. The second kappa shape index (κ2) is 8.83. The Morgan fingerprint density at radius 1 is 1.00 bits per heavy atom. The minimum absolute atomic E-state index is 0.0799. The Morgan fingerprint density at radius 3 is 2.07 bits per heavy atom. The number of ether oxygens (including phenoxy) is 2. The Hall–Kier alpha value is -2.26. The summed E-state index contributed by atoms with van der Waals surface area (Å²) in [6.07, 6.45) is 3.09. The Kier molecular flexibility index (Phi) is 6.46. The van der Waals surface area contributed by atoms with Crippen molar-refractivity contribution in [2.24, 2.45) is 0 Å². The highest BCUT2D eigenvalue weighted by Crippen LogP contribution is 2.23. The number of fused-ring (bicyclic) bond motifs is 1. The summed E-state index contributed by atoms with van der Waals surface area (Å²) in [5.74, 6) is 0. The summed E-state index contributed by atoms with van der Waals surface area (Å²) in [5, 5.41) is 9.47. The quantitative estimate of drug-likeness (QED) is 0.720. The largest absolute Gasteiger partial charge is 0.390 e. The van der Waals surface area contributed by atoms with E-state index in [-0.39, 0.29) is 6.61 Å². The van der Waals surface area contributed by atoms with Crippen LogP contribution < -0.4 is 0 Å². The molecule has 1 fully saturated rings. The van der Waals surface area contributed by atoms with Crippen LogP contribution in [0.25, 0.3) is 16.8 Å². The summed E-state index contributed by atoms with van der Waals surface area (Å²) in [4.78, 5) is 4.69. The number of aliphatic hydroxyl groups is 1. The Morgan fingerprint density at radius 2 is 1.57 bits per heavy atom. The van der Waals surface area contributed by atoms with Crippen molar-refractivity contribution in [2.75, 3.05) is 32.7 Å². The number of nitrogens with zero attached hydrogens (tertiary/aromatic N) is 2. The van der Waals surface area contributed by atoms with Crippen LogP contribution in [-0.4, -0.2) is 55.6 Å². The molecular formula is C20H24N2O5S. The van der Waals surface area contributed by atoms with Crippen LogP contribution in [-0.2, 0) is 25.9 Å². The molecule has 2 aromatic heterocycles. The van der Waals surface area contributed by atoms with Gasteiger partial charge in [-0.05, 0) is 42.3 Å². The SMILES string of the molecule is C1COCCO1.Cc1nc2ccc(-c3ccc(S(C)(=O)=O)cc3)cn2c1CO. The van der Waals surface area contributed by atoms with Crippen molar-refractivity contribution >= 4 is 15.5 Å². The molecule has 0 radical (unpaired) electrons. The van der Waals surface area contributed by atoms with Crippen molar-refractivity contribution in [3.8, 4) is 11.1 Å². The summed E-state index contributed by atoms with van der Waals surface area (Å²) in [6, 6.07) is 10.6. The minimum atomic E-state index is -3.19. The molecule has 0 unspecified atom stereocenters. The van der Waals surface area contributed by atoms with Gasteiger partial charge in [0.1, 0.15) is 5.65 Å². The first-order valence-corrected chi connectivity index (χ1v) is 10.8. The van der Waals surface area contributed by atoms with Crippen LogP contribution in [0.15, 0.2) is 47.5 Å². The number of aromatic nitrogens is 2. The lowest BCUT2D eigenvalue weighted by atomic mass is 10.1. The maximum atomic E-state index is 11.5. The van der Waals surface area contributed by atoms with E-state index in [2.05, 4.69) is 4.98 Å². The molecule has 0 bridgehead atoms. The fourth-order valence-electron chi connectivity index (χ4n) is 2.91. The van der Waals surface area contributed by atoms with E-state index in [4.69, 9.17) is 9.47 Å². The molecule has 8 heteroatoms. The van der Waals surface area contributed by atoms with Crippen LogP contribution in [0, 0.1) is 6.92 Å². The smallest absolute Gasteiger partial charge is 0.175 e. The van der Waals surface area contributed by atoms with Gasteiger partial charge in [-0.2, -0.15) is 0 Å². The molecule has 0 atom stereocenters. The molecule has 1 aliphatic heterocycles. The number of imidazole rings is 1. The van der Waals surface area contributed by atoms with Gasteiger partial charge in [0, 0.05) is 12.5 Å². The number of aryl methyl sites for hydroxylation is 1. The Bertz CT molecular complexity index is 1030. The standard InChI is InChI=1S/C16H16N2O3S.C4H8O2/c1-11-15(10-19)18-9-13(5-8-16(18)17-11)12-3-6-14(7-4-12)22(2,20)21;1-2-6-4-3-5-1/h3-9,19H,10H2,1-2H3;1-4H2. The maximum Gasteiger partial charge on any atom is 0.175 e. The molecule has 0 saturated carbocycles. The average molecular weight is 404 g/mol. The second-order valence-corrected chi connectivity index (χ2v) is 8.49. The van der Waals surface area contributed by atoms with Crippen LogP contribution in [0.4, 0.5) is 0 Å². The van der Waals surface area contributed by atoms with E-state index in [0.717, 1.165) is 54.6 Å². The molecule has 3 heterocycles. The zero-order valence-corrected chi connectivity index (χ0v) is 16.8. The Labute approximate surface area is 164 Å². The maximum absolute atomic E-state index is 11.5. The van der Waals surface area contributed by atoms with Crippen molar-refractivity contribution in [1.82, 2.24) is 9.38 Å². The van der Waals surface area contributed by atoms with Gasteiger partial charge in [-0.1, -0.05) is 12.1 Å². The molecule has 4 rings (SSSR count). The van der Waals surface area contributed by atoms with E-state index in [1.165, 1.54) is 6.26 Å². The lowest BCUT2D eigenvalue weighted by molar-refractivity contribution is -0.0334. The van der Waals surface area contributed by atoms with E-state index in [0.29, 0.717) is 4.90 Å². The molecule has 0 spiro atoms. The summed E-state index contributed by atoms with van der Waals surface area (Å²) in [7, 11) is -3.19. The van der Waals surface area contributed by atoms with Gasteiger partial charge >= 0.3 is 0 Å². The third-order valence-corrected chi connectivity index (χ3v) is 5.56. The summed E-state index contributed by atoms with van der Waals surface area (Å²) >= 11 is 0. The number of hydrogen-bond donors (Lipinski definition) is 1. The molecule has 0 aliphatic carbocycles. The zero-order chi connectivity index (χ0) is 20.1. The topological polar surface area (TPSA) is 90.1 Å². The number of hydrogen-bond acceptors (Lipinski definition) is 6. The van der Waals surface area contributed by atoms with Crippen LogP contribution in [0.3, 0.4) is 0 Å². The molecule has 1 saturated heterocycles. The van der Waals surface area contributed by atoms with Gasteiger partial charge in [0.15, 0.2) is 9.84 Å². The normalized spacial score (nSPS) is 14.5. The van der Waals surface area contributed by atoms with Crippen molar-refractivity contribution in [1.29, 1.82) is 0 Å². The molecule has 28 heavy (non-hydrogen) atoms. The first-order valence-electron chi connectivity index (χ1n) is 8.94. The van der Waals surface area contributed by atoms with Crippen molar-refractivity contribution < 1.29 is 23.0 Å². The first kappa shape index (κ1) is 20.5. The average Bonchev–Trinajstić information content (AvgIpc) is 3.03. The Balaban J connectivity index is 0.000000320. The van der Waals surface area contributed by atoms with Gasteiger partial charge in [0.25, 0.3) is 0 Å². The fraction of sp³-hybridized carbons (Fsp3) is 0.350. The highest BCUT2D eigenvalue weighted by atomic mass is 32.2. The fourth-order valence-corrected chi connectivity index (χ4v) is 3.54. The summed E-state index contributed by atoms with van der Waals surface area (Å²) < 4.78 is 34.7. The molecule has 7 nitrogen and oxygen atoms in total. The lowest BCUT2D eigenvalue weighted by Crippen LogP contribution is -2.16. The molecule has 0 amide bonds. The van der Waals surface area contributed by atoms with Crippen LogP contribution >= 0.6 is 0 Å². The number of aliphatic hydroxyl groups excluding tert-OH is 1.